The highest BCUT2D eigenvalue weighted by atomic mass is 127. The van der Waals surface area contributed by atoms with Crippen LogP contribution in [0.15, 0.2) is 29.3 Å². The molecule has 0 aliphatic carbocycles. The molecule has 2 rings (SSSR count). The third kappa shape index (κ3) is 6.37. The molecule has 0 aromatic heterocycles. The molecule has 1 atom stereocenters. The van der Waals surface area contributed by atoms with Crippen LogP contribution in [0.1, 0.15) is 25.8 Å². The van der Waals surface area contributed by atoms with Crippen molar-refractivity contribution in [3.05, 3.63) is 29.8 Å². The maximum atomic E-state index is 12.1. The lowest BCUT2D eigenvalue weighted by molar-refractivity contribution is -0.133. The number of carbonyl (C=O) groups excluding carboxylic acids is 1. The summed E-state index contributed by atoms with van der Waals surface area (Å²) in [5.41, 5.74) is 1.13. The number of likely N-dealkylation sites (tertiary alicyclic amines) is 1. The van der Waals surface area contributed by atoms with Crippen LogP contribution in [-0.2, 0) is 11.3 Å². The van der Waals surface area contributed by atoms with Crippen molar-refractivity contribution < 1.29 is 9.53 Å². The largest absolute Gasteiger partial charge is 0.497 e. The van der Waals surface area contributed by atoms with Crippen molar-refractivity contribution in [3.63, 3.8) is 0 Å². The maximum Gasteiger partial charge on any atom is 0.225 e. The molecule has 2 N–H and O–H groups in total. The molecule has 0 saturated carbocycles. The van der Waals surface area contributed by atoms with Gasteiger partial charge < -0.3 is 20.3 Å². The highest BCUT2D eigenvalue weighted by Gasteiger charge is 2.27. The Bertz CT molecular complexity index is 592. The Morgan fingerprint density at radius 3 is 2.84 bits per heavy atom. The topological polar surface area (TPSA) is 66.0 Å². The summed E-state index contributed by atoms with van der Waals surface area (Å²) in [6.07, 6.45) is 0.943. The van der Waals surface area contributed by atoms with Crippen LogP contribution < -0.4 is 15.4 Å². The zero-order valence-electron chi connectivity index (χ0n) is 15.4. The first kappa shape index (κ1) is 21.5. The minimum atomic E-state index is 0. The first-order chi connectivity index (χ1) is 11.5. The fourth-order valence-corrected chi connectivity index (χ4v) is 2.80. The second kappa shape index (κ2) is 10.5. The van der Waals surface area contributed by atoms with Gasteiger partial charge in [-0.3, -0.25) is 9.79 Å². The summed E-state index contributed by atoms with van der Waals surface area (Å²) >= 11 is 0. The quantitative estimate of drug-likeness (QED) is 0.402. The minimum absolute atomic E-state index is 0. The van der Waals surface area contributed by atoms with Crippen molar-refractivity contribution in [2.24, 2.45) is 10.9 Å². The third-order valence-electron chi connectivity index (χ3n) is 4.15. The second-order valence-corrected chi connectivity index (χ2v) is 6.35. The molecule has 6 nitrogen and oxygen atoms in total. The third-order valence-corrected chi connectivity index (χ3v) is 4.15. The van der Waals surface area contributed by atoms with E-state index < -0.39 is 0 Å². The molecule has 140 valence electrons. The molecule has 0 spiro atoms. The monoisotopic (exact) mass is 460 g/mol. The van der Waals surface area contributed by atoms with Gasteiger partial charge in [0.2, 0.25) is 5.91 Å². The number of methoxy groups -OCH3 is 1. The van der Waals surface area contributed by atoms with Crippen molar-refractivity contribution in [1.82, 2.24) is 15.5 Å². The predicted molar refractivity (Wildman–Crippen MR) is 112 cm³/mol. The van der Waals surface area contributed by atoms with E-state index in [1.165, 1.54) is 0 Å². The zero-order valence-corrected chi connectivity index (χ0v) is 17.7. The second-order valence-electron chi connectivity index (χ2n) is 6.35. The average molecular weight is 460 g/mol. The van der Waals surface area contributed by atoms with Gasteiger partial charge >= 0.3 is 0 Å². The van der Waals surface area contributed by atoms with Gasteiger partial charge in [0.1, 0.15) is 5.75 Å². The van der Waals surface area contributed by atoms with Gasteiger partial charge in [0.25, 0.3) is 0 Å². The van der Waals surface area contributed by atoms with Crippen molar-refractivity contribution in [2.75, 3.05) is 27.2 Å². The number of amides is 1. The molecule has 1 aromatic carbocycles. The number of nitrogens with one attached hydrogen (secondary N) is 2. The highest BCUT2D eigenvalue weighted by Crippen LogP contribution is 2.13. The van der Waals surface area contributed by atoms with Crippen molar-refractivity contribution in [1.29, 1.82) is 0 Å². The Morgan fingerprint density at radius 1 is 1.44 bits per heavy atom. The van der Waals surface area contributed by atoms with Gasteiger partial charge in [-0.25, -0.2) is 0 Å². The maximum absolute atomic E-state index is 12.1. The van der Waals surface area contributed by atoms with Gasteiger partial charge in [0.15, 0.2) is 5.96 Å². The molecule has 1 unspecified atom stereocenters. The normalized spacial score (nSPS) is 17.2. The SMILES string of the molecule is CN=C(NCc1cccc(OC)c1)NC1CCN(C(=O)C(C)C)C1.I. The van der Waals surface area contributed by atoms with E-state index >= 15 is 0 Å². The Hall–Kier alpha value is -1.51. The number of ether oxygens (including phenoxy) is 1. The van der Waals surface area contributed by atoms with Gasteiger partial charge in [0, 0.05) is 38.6 Å². The Kier molecular flexibility index (Phi) is 9.02. The van der Waals surface area contributed by atoms with Gasteiger partial charge in [-0.1, -0.05) is 26.0 Å². The van der Waals surface area contributed by atoms with E-state index in [1.54, 1.807) is 14.2 Å². The average Bonchev–Trinajstić information content (AvgIpc) is 3.06. The number of hydrogen-bond acceptors (Lipinski definition) is 3. The molecule has 1 aliphatic heterocycles. The summed E-state index contributed by atoms with van der Waals surface area (Å²) in [7, 11) is 3.42. The van der Waals surface area contributed by atoms with Crippen molar-refractivity contribution in [3.8, 4) is 5.75 Å². The van der Waals surface area contributed by atoms with E-state index in [0.29, 0.717) is 6.54 Å². The first-order valence-electron chi connectivity index (χ1n) is 8.42. The van der Waals surface area contributed by atoms with Crippen LogP contribution in [-0.4, -0.2) is 50.1 Å². The number of guanidine groups is 1. The van der Waals surface area contributed by atoms with Crippen LogP contribution >= 0.6 is 24.0 Å². The summed E-state index contributed by atoms with van der Waals surface area (Å²) in [6.45, 7) is 6.09. The summed E-state index contributed by atoms with van der Waals surface area (Å²) in [4.78, 5) is 18.3. The summed E-state index contributed by atoms with van der Waals surface area (Å²) in [5.74, 6) is 1.87. The van der Waals surface area contributed by atoms with Gasteiger partial charge in [0.05, 0.1) is 7.11 Å². The first-order valence-corrected chi connectivity index (χ1v) is 8.42. The molecule has 1 fully saturated rings. The molecule has 25 heavy (non-hydrogen) atoms. The van der Waals surface area contributed by atoms with Crippen molar-refractivity contribution in [2.45, 2.75) is 32.9 Å². The van der Waals surface area contributed by atoms with Crippen LogP contribution in [0.2, 0.25) is 0 Å². The molecule has 1 amide bonds. The van der Waals surface area contributed by atoms with Crippen LogP contribution in [0.4, 0.5) is 0 Å². The Morgan fingerprint density at radius 2 is 2.20 bits per heavy atom. The standard InChI is InChI=1S/C18H28N4O2.HI/c1-13(2)17(23)22-9-8-15(12-22)21-18(19-3)20-11-14-6-5-7-16(10-14)24-4;/h5-7,10,13,15H,8-9,11-12H2,1-4H3,(H2,19,20,21);1H. The number of carbonyl (C=O) groups is 1. The van der Waals surface area contributed by atoms with Gasteiger partial charge in [-0.2, -0.15) is 0 Å². The lowest BCUT2D eigenvalue weighted by Crippen LogP contribution is -2.45. The van der Waals surface area contributed by atoms with E-state index in [1.807, 2.05) is 43.0 Å². The molecule has 1 heterocycles. The summed E-state index contributed by atoms with van der Waals surface area (Å²) in [5, 5.41) is 6.71. The lowest BCUT2D eigenvalue weighted by Gasteiger charge is -2.20. The fraction of sp³-hybridized carbons (Fsp3) is 0.556. The highest BCUT2D eigenvalue weighted by molar-refractivity contribution is 14.0. The molecule has 1 aromatic rings. The van der Waals surface area contributed by atoms with Gasteiger partial charge in [-0.15, -0.1) is 24.0 Å². The fourth-order valence-electron chi connectivity index (χ4n) is 2.80. The van der Waals surface area contributed by atoms with E-state index in [2.05, 4.69) is 15.6 Å². The molecular formula is C18H29IN4O2. The van der Waals surface area contributed by atoms with Crippen LogP contribution in [0, 0.1) is 5.92 Å². The van der Waals surface area contributed by atoms with Crippen LogP contribution in [0.3, 0.4) is 0 Å². The molecule has 0 bridgehead atoms. The molecule has 1 aliphatic rings. The van der Waals surface area contributed by atoms with E-state index in [0.717, 1.165) is 36.8 Å². The minimum Gasteiger partial charge on any atom is -0.497 e. The van der Waals surface area contributed by atoms with E-state index in [9.17, 15) is 4.79 Å². The number of rotatable bonds is 5. The predicted octanol–water partition coefficient (Wildman–Crippen LogP) is 2.24. The molecule has 7 heteroatoms. The Labute approximate surface area is 167 Å². The molecule has 1 saturated heterocycles. The smallest absolute Gasteiger partial charge is 0.225 e. The van der Waals surface area contributed by atoms with Crippen molar-refractivity contribution >= 4 is 35.8 Å². The van der Waals surface area contributed by atoms with Crippen LogP contribution in [0.25, 0.3) is 0 Å². The number of nitrogens with zero attached hydrogens (tertiary/aromatic N) is 2. The summed E-state index contributed by atoms with van der Waals surface area (Å²) in [6, 6.07) is 8.18. The number of halogens is 1. The van der Waals surface area contributed by atoms with Gasteiger partial charge in [-0.05, 0) is 24.1 Å². The lowest BCUT2D eigenvalue weighted by atomic mass is 10.2. The Balaban J connectivity index is 0.00000312. The molecular weight excluding hydrogens is 431 g/mol. The van der Waals surface area contributed by atoms with E-state index in [4.69, 9.17) is 4.74 Å². The summed E-state index contributed by atoms with van der Waals surface area (Å²) < 4.78 is 5.24. The number of benzene rings is 1. The number of hydrogen-bond donors (Lipinski definition) is 2. The zero-order chi connectivity index (χ0) is 17.5. The molecule has 0 radical (unpaired) electrons. The van der Waals surface area contributed by atoms with E-state index in [-0.39, 0.29) is 41.8 Å². The number of aliphatic imine (C=N–C) groups is 1. The van der Waals surface area contributed by atoms with Crippen LogP contribution in [0.5, 0.6) is 5.75 Å².